The zero-order chi connectivity index (χ0) is 21.7. The molecule has 172 valence electrons. The Hall–Kier alpha value is -1.53. The van der Waals surface area contributed by atoms with Gasteiger partial charge in [0.1, 0.15) is 5.76 Å². The fraction of sp³-hybridized carbons (Fsp3) is 0.636. The SMILES string of the molecule is CC1CC(C)OP(=O)(OC2=CC3C(CC2)CCN3C)O1.COc1ccccc1OC.[HH].[HH]. The number of likely N-dealkylation sites (N-methyl/N-ethyl adjacent to an activating group) is 1. The third-order valence-corrected chi connectivity index (χ3v) is 7.46. The average Bonchev–Trinajstić information content (AvgIpc) is 3.07. The molecule has 1 aromatic rings. The van der Waals surface area contributed by atoms with Crippen LogP contribution in [0.3, 0.4) is 0 Å². The molecule has 0 saturated carbocycles. The lowest BCUT2D eigenvalue weighted by Gasteiger charge is -2.33. The molecule has 0 spiro atoms. The van der Waals surface area contributed by atoms with Gasteiger partial charge in [0.05, 0.1) is 26.4 Å². The molecular weight excluding hydrogens is 405 g/mol. The average molecular weight is 444 g/mol. The first-order valence-corrected chi connectivity index (χ1v) is 12.0. The van der Waals surface area contributed by atoms with Crippen LogP contribution in [-0.2, 0) is 18.1 Å². The fourth-order valence-corrected chi connectivity index (χ4v) is 5.93. The molecule has 30 heavy (non-hydrogen) atoms. The minimum absolute atomic E-state index is 0. The van der Waals surface area contributed by atoms with Crippen molar-refractivity contribution < 1.29 is 30.5 Å². The summed E-state index contributed by atoms with van der Waals surface area (Å²) in [6, 6.07) is 7.94. The largest absolute Gasteiger partial charge is 0.530 e. The molecule has 0 bridgehead atoms. The predicted octanol–water partition coefficient (Wildman–Crippen LogP) is 5.52. The molecule has 4 atom stereocenters. The highest BCUT2D eigenvalue weighted by Gasteiger charge is 2.41. The van der Waals surface area contributed by atoms with E-state index in [0.29, 0.717) is 12.0 Å². The summed E-state index contributed by atoms with van der Waals surface area (Å²) in [5.74, 6) is 3.01. The number of nitrogens with zero attached hydrogens (tertiary/aromatic N) is 1. The molecule has 4 unspecified atom stereocenters. The van der Waals surface area contributed by atoms with Gasteiger partial charge < -0.3 is 14.0 Å². The van der Waals surface area contributed by atoms with Gasteiger partial charge in [-0.3, -0.25) is 13.9 Å². The highest BCUT2D eigenvalue weighted by molar-refractivity contribution is 7.48. The zero-order valence-corrected chi connectivity index (χ0v) is 19.5. The second-order valence-corrected chi connectivity index (χ2v) is 9.65. The Bertz CT molecular complexity index is 758. The Balaban J connectivity index is 0.000000366. The van der Waals surface area contributed by atoms with Crippen molar-refractivity contribution in [2.75, 3.05) is 27.8 Å². The van der Waals surface area contributed by atoms with Crippen molar-refractivity contribution >= 4 is 7.82 Å². The highest BCUT2D eigenvalue weighted by atomic mass is 31.2. The van der Waals surface area contributed by atoms with Gasteiger partial charge in [0.25, 0.3) is 0 Å². The van der Waals surface area contributed by atoms with Crippen LogP contribution in [0.4, 0.5) is 0 Å². The van der Waals surface area contributed by atoms with E-state index < -0.39 is 7.82 Å². The Kier molecular flexibility index (Phi) is 7.86. The lowest BCUT2D eigenvalue weighted by atomic mass is 9.89. The molecule has 2 saturated heterocycles. The minimum Gasteiger partial charge on any atom is -0.493 e. The Morgan fingerprint density at radius 3 is 2.23 bits per heavy atom. The Morgan fingerprint density at radius 2 is 1.67 bits per heavy atom. The van der Waals surface area contributed by atoms with Crippen LogP contribution in [0.25, 0.3) is 0 Å². The number of benzene rings is 1. The second-order valence-electron chi connectivity index (χ2n) is 8.15. The van der Waals surface area contributed by atoms with Crippen molar-refractivity contribution in [1.82, 2.24) is 4.90 Å². The summed E-state index contributed by atoms with van der Waals surface area (Å²) in [7, 11) is 1.94. The van der Waals surface area contributed by atoms with Gasteiger partial charge in [-0.15, -0.1) is 0 Å². The van der Waals surface area contributed by atoms with Crippen molar-refractivity contribution in [3.63, 3.8) is 0 Å². The summed E-state index contributed by atoms with van der Waals surface area (Å²) in [6.45, 7) is 4.94. The first kappa shape index (κ1) is 23.1. The number of hydrogen-bond acceptors (Lipinski definition) is 7. The van der Waals surface area contributed by atoms with Gasteiger partial charge in [0, 0.05) is 21.7 Å². The van der Waals surface area contributed by atoms with E-state index in [9.17, 15) is 4.57 Å². The molecule has 8 heteroatoms. The van der Waals surface area contributed by atoms with Gasteiger partial charge in [-0.1, -0.05) is 12.1 Å². The van der Waals surface area contributed by atoms with Gasteiger partial charge in [-0.05, 0) is 64.4 Å². The molecule has 1 aromatic carbocycles. The van der Waals surface area contributed by atoms with E-state index in [1.54, 1.807) is 14.2 Å². The summed E-state index contributed by atoms with van der Waals surface area (Å²) in [5, 5.41) is 0. The van der Waals surface area contributed by atoms with Gasteiger partial charge in [0.2, 0.25) is 0 Å². The molecule has 2 fully saturated rings. The molecule has 7 nitrogen and oxygen atoms in total. The van der Waals surface area contributed by atoms with Crippen molar-refractivity contribution in [2.45, 2.75) is 57.8 Å². The monoisotopic (exact) mass is 443 g/mol. The number of ether oxygens (including phenoxy) is 2. The number of phosphoric acid groups is 1. The maximum atomic E-state index is 12.6. The molecule has 0 radical (unpaired) electrons. The van der Waals surface area contributed by atoms with Crippen molar-refractivity contribution in [1.29, 1.82) is 0 Å². The van der Waals surface area contributed by atoms with Gasteiger partial charge in [-0.25, -0.2) is 4.57 Å². The molecule has 0 N–H and O–H groups in total. The number of methoxy groups -OCH3 is 2. The normalized spacial score (nSPS) is 33.6. The zero-order valence-electron chi connectivity index (χ0n) is 18.6. The lowest BCUT2D eigenvalue weighted by Crippen LogP contribution is -2.30. The number of hydrogen-bond donors (Lipinski definition) is 0. The summed E-state index contributed by atoms with van der Waals surface area (Å²) in [6.07, 6.45) is 5.84. The molecule has 1 aliphatic carbocycles. The van der Waals surface area contributed by atoms with E-state index >= 15 is 0 Å². The van der Waals surface area contributed by atoms with Gasteiger partial charge in [-0.2, -0.15) is 0 Å². The number of likely N-dealkylation sites (tertiary alicyclic amines) is 1. The van der Waals surface area contributed by atoms with E-state index in [4.69, 9.17) is 23.0 Å². The molecule has 2 heterocycles. The Labute approximate surface area is 182 Å². The van der Waals surface area contributed by atoms with Crippen molar-refractivity contribution in [3.8, 4) is 11.5 Å². The van der Waals surface area contributed by atoms with E-state index in [2.05, 4.69) is 18.0 Å². The van der Waals surface area contributed by atoms with Crippen molar-refractivity contribution in [2.24, 2.45) is 5.92 Å². The predicted molar refractivity (Wildman–Crippen MR) is 120 cm³/mol. The fourth-order valence-electron chi connectivity index (χ4n) is 4.30. The topological polar surface area (TPSA) is 66.5 Å². The highest BCUT2D eigenvalue weighted by Crippen LogP contribution is 2.57. The van der Waals surface area contributed by atoms with Crippen LogP contribution in [-0.4, -0.2) is 51.0 Å². The third kappa shape index (κ3) is 5.79. The van der Waals surface area contributed by atoms with Crippen LogP contribution < -0.4 is 9.47 Å². The maximum Gasteiger partial charge on any atom is 0.530 e. The van der Waals surface area contributed by atoms with Crippen LogP contribution in [0, 0.1) is 5.92 Å². The van der Waals surface area contributed by atoms with Crippen molar-refractivity contribution in [3.05, 3.63) is 36.1 Å². The van der Waals surface area contributed by atoms with E-state index in [-0.39, 0.29) is 15.1 Å². The van der Waals surface area contributed by atoms with Crippen LogP contribution in [0.2, 0.25) is 0 Å². The molecule has 2 aliphatic heterocycles. The third-order valence-electron chi connectivity index (χ3n) is 5.76. The number of para-hydroxylation sites is 2. The lowest BCUT2D eigenvalue weighted by molar-refractivity contribution is 0.0104. The molecule has 3 aliphatic rings. The number of fused-ring (bicyclic) bond motifs is 1. The smallest absolute Gasteiger partial charge is 0.493 e. The maximum absolute atomic E-state index is 12.6. The van der Waals surface area contributed by atoms with E-state index in [1.165, 1.54) is 6.42 Å². The van der Waals surface area contributed by atoms with Crippen LogP contribution in [0.1, 0.15) is 42.4 Å². The quantitative estimate of drug-likeness (QED) is 0.568. The van der Waals surface area contributed by atoms with Gasteiger partial charge in [0.15, 0.2) is 11.5 Å². The summed E-state index contributed by atoms with van der Waals surface area (Å²) in [4.78, 5) is 2.33. The number of rotatable bonds is 4. The van der Waals surface area contributed by atoms with Gasteiger partial charge >= 0.3 is 7.82 Å². The standard InChI is InChI=1S/C14H24NO4P.C8H10O2.2H2/c1-10-8-11(2)18-20(16,17-10)19-13-5-4-12-6-7-15(3)14(12)9-13;1-9-7-5-3-4-6-8(7)10-2;;/h9-12,14H,4-8H2,1-3H3;3-6H,1-2H3;2*1H. The first-order valence-electron chi connectivity index (χ1n) is 10.6. The molecule has 0 amide bonds. The van der Waals surface area contributed by atoms with E-state index in [0.717, 1.165) is 43.1 Å². The van der Waals surface area contributed by atoms with Crippen LogP contribution >= 0.6 is 7.82 Å². The summed E-state index contributed by atoms with van der Waals surface area (Å²) >= 11 is 0. The van der Waals surface area contributed by atoms with Crippen LogP contribution in [0.15, 0.2) is 36.1 Å². The second kappa shape index (κ2) is 10.2. The number of allylic oxidation sites excluding steroid dienone is 1. The molecule has 0 aromatic heterocycles. The first-order chi connectivity index (χ1) is 14.3. The molecule has 4 rings (SSSR count). The van der Waals surface area contributed by atoms with E-state index in [1.807, 2.05) is 38.1 Å². The Morgan fingerprint density at radius 1 is 1.07 bits per heavy atom. The minimum atomic E-state index is -3.44. The summed E-state index contributed by atoms with van der Waals surface area (Å²) in [5.41, 5.74) is 0. The number of phosphoric ester groups is 1. The van der Waals surface area contributed by atoms with Crippen LogP contribution in [0.5, 0.6) is 11.5 Å². The molecular formula is C22H38NO6P. The summed E-state index contributed by atoms with van der Waals surface area (Å²) < 4.78 is 39.1.